The summed E-state index contributed by atoms with van der Waals surface area (Å²) in [5.41, 5.74) is 6.71. The first-order valence-corrected chi connectivity index (χ1v) is 5.59. The standard InChI is InChI=1S/C13H18FN/c1-13(9-15,11-6-7-11)8-10-4-2-3-5-12(10)14/h2-5,11H,6-9,15H2,1H3. The molecule has 1 aliphatic rings. The zero-order valence-corrected chi connectivity index (χ0v) is 9.17. The van der Waals surface area contributed by atoms with Gasteiger partial charge in [0.05, 0.1) is 0 Å². The monoisotopic (exact) mass is 207 g/mol. The van der Waals surface area contributed by atoms with Crippen molar-refractivity contribution in [3.63, 3.8) is 0 Å². The van der Waals surface area contributed by atoms with E-state index in [0.717, 1.165) is 12.0 Å². The molecule has 1 atom stereocenters. The van der Waals surface area contributed by atoms with Crippen molar-refractivity contribution in [2.24, 2.45) is 17.1 Å². The molecule has 0 bridgehead atoms. The van der Waals surface area contributed by atoms with E-state index in [9.17, 15) is 4.39 Å². The SMILES string of the molecule is CC(CN)(Cc1ccccc1F)C1CC1. The highest BCUT2D eigenvalue weighted by atomic mass is 19.1. The molecule has 1 aliphatic carbocycles. The molecule has 0 radical (unpaired) electrons. The number of halogens is 1. The van der Waals surface area contributed by atoms with Crippen LogP contribution >= 0.6 is 0 Å². The van der Waals surface area contributed by atoms with Gasteiger partial charge in [0, 0.05) is 0 Å². The molecule has 0 aliphatic heterocycles. The van der Waals surface area contributed by atoms with E-state index in [-0.39, 0.29) is 11.2 Å². The molecular formula is C13H18FN. The molecule has 2 heteroatoms. The topological polar surface area (TPSA) is 26.0 Å². The highest BCUT2D eigenvalue weighted by Crippen LogP contribution is 2.46. The van der Waals surface area contributed by atoms with E-state index >= 15 is 0 Å². The van der Waals surface area contributed by atoms with Gasteiger partial charge in [-0.3, -0.25) is 0 Å². The third-order valence-electron chi connectivity index (χ3n) is 3.58. The molecule has 0 aromatic heterocycles. The summed E-state index contributed by atoms with van der Waals surface area (Å²) in [4.78, 5) is 0. The summed E-state index contributed by atoms with van der Waals surface area (Å²) in [6.07, 6.45) is 3.27. The molecule has 1 unspecified atom stereocenters. The lowest BCUT2D eigenvalue weighted by Crippen LogP contribution is -2.32. The van der Waals surface area contributed by atoms with E-state index in [4.69, 9.17) is 5.73 Å². The molecule has 1 nitrogen and oxygen atoms in total. The number of benzene rings is 1. The second kappa shape index (κ2) is 3.93. The maximum Gasteiger partial charge on any atom is 0.126 e. The molecule has 1 aromatic rings. The Balaban J connectivity index is 2.16. The number of hydrogen-bond acceptors (Lipinski definition) is 1. The van der Waals surface area contributed by atoms with Gasteiger partial charge in [0.25, 0.3) is 0 Å². The van der Waals surface area contributed by atoms with Crippen LogP contribution in [0.25, 0.3) is 0 Å². The zero-order valence-electron chi connectivity index (χ0n) is 9.17. The fourth-order valence-electron chi connectivity index (χ4n) is 2.24. The van der Waals surface area contributed by atoms with Gasteiger partial charge in [-0.15, -0.1) is 0 Å². The second-order valence-electron chi connectivity index (χ2n) is 4.90. The molecular weight excluding hydrogens is 189 g/mol. The molecule has 1 saturated carbocycles. The predicted octanol–water partition coefficient (Wildman–Crippen LogP) is 2.74. The van der Waals surface area contributed by atoms with Crippen LogP contribution in [0, 0.1) is 17.2 Å². The fraction of sp³-hybridized carbons (Fsp3) is 0.538. The molecule has 0 amide bonds. The lowest BCUT2D eigenvalue weighted by molar-refractivity contribution is 0.278. The maximum atomic E-state index is 13.5. The highest BCUT2D eigenvalue weighted by Gasteiger charge is 2.40. The lowest BCUT2D eigenvalue weighted by Gasteiger charge is -2.28. The van der Waals surface area contributed by atoms with Gasteiger partial charge in [-0.1, -0.05) is 25.1 Å². The average molecular weight is 207 g/mol. The van der Waals surface area contributed by atoms with E-state index in [0.29, 0.717) is 12.5 Å². The smallest absolute Gasteiger partial charge is 0.126 e. The molecule has 1 fully saturated rings. The van der Waals surface area contributed by atoms with Crippen LogP contribution in [0.1, 0.15) is 25.3 Å². The predicted molar refractivity (Wildman–Crippen MR) is 60.0 cm³/mol. The summed E-state index contributed by atoms with van der Waals surface area (Å²) in [5.74, 6) is 0.597. The van der Waals surface area contributed by atoms with Gasteiger partial charge < -0.3 is 5.73 Å². The van der Waals surface area contributed by atoms with Gasteiger partial charge in [0.1, 0.15) is 5.82 Å². The van der Waals surface area contributed by atoms with Crippen molar-refractivity contribution >= 4 is 0 Å². The Bertz CT molecular complexity index is 346. The van der Waals surface area contributed by atoms with Crippen molar-refractivity contribution in [3.8, 4) is 0 Å². The second-order valence-corrected chi connectivity index (χ2v) is 4.90. The first-order chi connectivity index (χ1) is 7.15. The summed E-state index contributed by atoms with van der Waals surface area (Å²) >= 11 is 0. The molecule has 82 valence electrons. The molecule has 0 spiro atoms. The summed E-state index contributed by atoms with van der Waals surface area (Å²) in [7, 11) is 0. The molecule has 0 saturated heterocycles. The first kappa shape index (κ1) is 10.6. The van der Waals surface area contributed by atoms with Crippen molar-refractivity contribution < 1.29 is 4.39 Å². The Labute approximate surface area is 90.5 Å². The summed E-state index contributed by atoms with van der Waals surface area (Å²) in [5, 5.41) is 0. The minimum absolute atomic E-state index is 0.0855. The Kier molecular flexibility index (Phi) is 2.79. The molecule has 1 aromatic carbocycles. The average Bonchev–Trinajstić information content (AvgIpc) is 3.05. The first-order valence-electron chi connectivity index (χ1n) is 5.59. The Morgan fingerprint density at radius 2 is 2.07 bits per heavy atom. The van der Waals surface area contributed by atoms with E-state index in [2.05, 4.69) is 6.92 Å². The van der Waals surface area contributed by atoms with Crippen LogP contribution < -0.4 is 5.73 Å². The van der Waals surface area contributed by atoms with Gasteiger partial charge in [-0.05, 0) is 48.8 Å². The zero-order chi connectivity index (χ0) is 10.9. The van der Waals surface area contributed by atoms with Crippen molar-refractivity contribution in [1.29, 1.82) is 0 Å². The third-order valence-corrected chi connectivity index (χ3v) is 3.58. The van der Waals surface area contributed by atoms with Gasteiger partial charge >= 0.3 is 0 Å². The minimum atomic E-state index is -0.0992. The highest BCUT2D eigenvalue weighted by molar-refractivity contribution is 5.19. The Morgan fingerprint density at radius 3 is 2.60 bits per heavy atom. The normalized spacial score (nSPS) is 19.9. The van der Waals surface area contributed by atoms with Crippen LogP contribution in [0.4, 0.5) is 4.39 Å². The van der Waals surface area contributed by atoms with E-state index in [1.165, 1.54) is 18.9 Å². The quantitative estimate of drug-likeness (QED) is 0.807. The number of hydrogen-bond donors (Lipinski definition) is 1. The summed E-state index contributed by atoms with van der Waals surface area (Å²) in [6.45, 7) is 2.82. The van der Waals surface area contributed by atoms with Gasteiger partial charge in [-0.25, -0.2) is 4.39 Å². The molecule has 15 heavy (non-hydrogen) atoms. The van der Waals surface area contributed by atoms with Crippen LogP contribution in [0.5, 0.6) is 0 Å². The number of rotatable bonds is 4. The van der Waals surface area contributed by atoms with Crippen molar-refractivity contribution in [2.45, 2.75) is 26.2 Å². The van der Waals surface area contributed by atoms with E-state index < -0.39 is 0 Å². The summed E-state index contributed by atoms with van der Waals surface area (Å²) in [6, 6.07) is 7.02. The minimum Gasteiger partial charge on any atom is -0.330 e. The molecule has 2 rings (SSSR count). The lowest BCUT2D eigenvalue weighted by atomic mass is 9.79. The van der Waals surface area contributed by atoms with Gasteiger partial charge in [0.15, 0.2) is 0 Å². The Hall–Kier alpha value is -0.890. The van der Waals surface area contributed by atoms with Crippen LogP contribution in [0.2, 0.25) is 0 Å². The van der Waals surface area contributed by atoms with E-state index in [1.54, 1.807) is 6.07 Å². The molecule has 2 N–H and O–H groups in total. The maximum absolute atomic E-state index is 13.5. The van der Waals surface area contributed by atoms with Crippen molar-refractivity contribution in [2.75, 3.05) is 6.54 Å². The largest absolute Gasteiger partial charge is 0.330 e. The van der Waals surface area contributed by atoms with Gasteiger partial charge in [0.2, 0.25) is 0 Å². The fourth-order valence-corrected chi connectivity index (χ4v) is 2.24. The van der Waals surface area contributed by atoms with Crippen LogP contribution in [0.3, 0.4) is 0 Å². The van der Waals surface area contributed by atoms with Crippen molar-refractivity contribution in [3.05, 3.63) is 35.6 Å². The van der Waals surface area contributed by atoms with Crippen LogP contribution in [-0.4, -0.2) is 6.54 Å². The number of nitrogens with two attached hydrogens (primary N) is 1. The van der Waals surface area contributed by atoms with Crippen LogP contribution in [0.15, 0.2) is 24.3 Å². The van der Waals surface area contributed by atoms with Gasteiger partial charge in [-0.2, -0.15) is 0 Å². The Morgan fingerprint density at radius 1 is 1.40 bits per heavy atom. The third kappa shape index (κ3) is 2.20. The molecule has 0 heterocycles. The van der Waals surface area contributed by atoms with Crippen molar-refractivity contribution in [1.82, 2.24) is 0 Å². The van der Waals surface area contributed by atoms with Crippen LogP contribution in [-0.2, 0) is 6.42 Å². The van der Waals surface area contributed by atoms with E-state index in [1.807, 2.05) is 12.1 Å². The summed E-state index contributed by atoms with van der Waals surface area (Å²) < 4.78 is 13.5.